The van der Waals surface area contributed by atoms with E-state index in [4.69, 9.17) is 11.5 Å². The van der Waals surface area contributed by atoms with E-state index >= 15 is 0 Å². The number of imide groups is 1. The van der Waals surface area contributed by atoms with Crippen molar-refractivity contribution in [3.05, 3.63) is 35.9 Å². The van der Waals surface area contributed by atoms with Gasteiger partial charge >= 0.3 is 6.03 Å². The molecule has 0 spiro atoms. The summed E-state index contributed by atoms with van der Waals surface area (Å²) in [5, 5.41) is 7.98. The molecule has 0 saturated heterocycles. The van der Waals surface area contributed by atoms with Crippen LogP contribution in [-0.2, 0) is 0 Å². The molecule has 9 atom stereocenters. The van der Waals surface area contributed by atoms with Crippen LogP contribution < -0.4 is 27.4 Å². The highest BCUT2D eigenvalue weighted by Crippen LogP contribution is 2.55. The van der Waals surface area contributed by atoms with E-state index in [0.717, 1.165) is 0 Å². The minimum absolute atomic E-state index is 0. The normalized spacial score (nSPS) is 35.0. The van der Waals surface area contributed by atoms with Gasteiger partial charge in [0.05, 0.1) is 0 Å². The molecule has 6 fully saturated rings. The quantitative estimate of drug-likeness (QED) is 0.177. The van der Waals surface area contributed by atoms with Crippen LogP contribution >= 0.6 is 24.6 Å². The Labute approximate surface area is 283 Å². The Morgan fingerprint density at radius 3 is 1.49 bits per heavy atom. The molecule has 6 aliphatic rings. The van der Waals surface area contributed by atoms with Crippen molar-refractivity contribution in [2.24, 2.45) is 47.0 Å². The van der Waals surface area contributed by atoms with Crippen LogP contribution in [0.2, 0.25) is 0 Å². The summed E-state index contributed by atoms with van der Waals surface area (Å²) in [7, 11) is 0. The summed E-state index contributed by atoms with van der Waals surface area (Å²) in [4.78, 5) is 23.6. The number of hydrogen-bond donors (Lipinski definition) is 5. The summed E-state index contributed by atoms with van der Waals surface area (Å²) < 4.78 is 78.4. The zero-order valence-electron chi connectivity index (χ0n) is 26.5. The first-order valence-electron chi connectivity index (χ1n) is 16.2. The Hall–Kier alpha value is -2.32. The third-order valence-corrected chi connectivity index (χ3v) is 10.6. The molecule has 6 saturated carbocycles. The summed E-state index contributed by atoms with van der Waals surface area (Å²) in [5.41, 5.74) is 11.3. The predicted molar refractivity (Wildman–Crippen MR) is 174 cm³/mol. The van der Waals surface area contributed by atoms with Crippen molar-refractivity contribution in [2.45, 2.75) is 108 Å². The van der Waals surface area contributed by atoms with E-state index in [1.54, 1.807) is 30.3 Å². The molecular formula is C32H46ClF6N5O2S. The maximum absolute atomic E-state index is 13.4. The van der Waals surface area contributed by atoms with Crippen LogP contribution in [0.3, 0.4) is 0 Å². The Bertz CT molecular complexity index is 1250. The van der Waals surface area contributed by atoms with Gasteiger partial charge in [-0.15, -0.1) is 12.4 Å². The van der Waals surface area contributed by atoms with Gasteiger partial charge in [-0.2, -0.15) is 0 Å². The molecule has 7 rings (SSSR count). The zero-order valence-corrected chi connectivity index (χ0v) is 28.1. The van der Waals surface area contributed by atoms with Gasteiger partial charge in [-0.05, 0) is 80.6 Å². The van der Waals surface area contributed by atoms with Gasteiger partial charge in [-0.1, -0.05) is 32.0 Å². The van der Waals surface area contributed by atoms with Crippen LogP contribution in [0.1, 0.15) is 82.0 Å². The molecule has 6 aliphatic carbocycles. The van der Waals surface area contributed by atoms with E-state index in [1.165, 1.54) is 0 Å². The highest BCUT2D eigenvalue weighted by Gasteiger charge is 2.58. The number of alkyl halides is 6. The van der Waals surface area contributed by atoms with Crippen molar-refractivity contribution in [1.29, 1.82) is 0 Å². The average molecular weight is 714 g/mol. The van der Waals surface area contributed by atoms with Gasteiger partial charge in [-0.3, -0.25) is 10.1 Å². The van der Waals surface area contributed by atoms with Crippen LogP contribution in [0.15, 0.2) is 30.3 Å². The van der Waals surface area contributed by atoms with Gasteiger partial charge < -0.3 is 22.1 Å². The predicted octanol–water partition coefficient (Wildman–Crippen LogP) is 6.64. The van der Waals surface area contributed by atoms with Crippen molar-refractivity contribution in [3.8, 4) is 0 Å². The Balaban J connectivity index is 0.000000198. The second-order valence-corrected chi connectivity index (χ2v) is 13.8. The number of amides is 3. The summed E-state index contributed by atoms with van der Waals surface area (Å²) in [6, 6.07) is 7.62. The third kappa shape index (κ3) is 9.23. The van der Waals surface area contributed by atoms with Crippen LogP contribution in [0, 0.1) is 35.5 Å². The summed E-state index contributed by atoms with van der Waals surface area (Å²) in [6.07, 6.45) is 2.93. The smallest absolute Gasteiger partial charge is 0.321 e. The lowest BCUT2D eigenvalue weighted by Gasteiger charge is -2.28. The van der Waals surface area contributed by atoms with Crippen LogP contribution in [0.4, 0.5) is 31.1 Å². The molecule has 1 aromatic rings. The number of benzene rings is 1. The molecule has 0 aromatic heterocycles. The van der Waals surface area contributed by atoms with E-state index in [9.17, 15) is 35.9 Å². The molecule has 266 valence electrons. The minimum atomic E-state index is -2.60. The number of nitrogens with one attached hydrogen (secondary N) is 3. The summed E-state index contributed by atoms with van der Waals surface area (Å²) in [5.74, 6) is -9.45. The van der Waals surface area contributed by atoms with E-state index < -0.39 is 47.5 Å². The first-order chi connectivity index (χ1) is 21.5. The number of hydrogen-bond acceptors (Lipinski definition) is 4. The first kappa shape index (κ1) is 39.1. The second-order valence-electron chi connectivity index (χ2n) is 13.4. The summed E-state index contributed by atoms with van der Waals surface area (Å²) in [6.45, 7) is 4.00. The molecule has 0 aliphatic heterocycles. The van der Waals surface area contributed by atoms with Gasteiger partial charge in [0.2, 0.25) is 0 Å². The Kier molecular flexibility index (Phi) is 12.9. The highest BCUT2D eigenvalue weighted by molar-refractivity contribution is 7.80. The molecule has 47 heavy (non-hydrogen) atoms. The molecule has 1 aromatic carbocycles. The number of thiocarbonyl (C=S) groups is 1. The van der Waals surface area contributed by atoms with E-state index in [2.05, 4.69) is 28.2 Å². The molecule has 6 bridgehead atoms. The maximum Gasteiger partial charge on any atom is 0.321 e. The van der Waals surface area contributed by atoms with Crippen molar-refractivity contribution < 1.29 is 35.9 Å². The lowest BCUT2D eigenvalue weighted by Crippen LogP contribution is -2.48. The van der Waals surface area contributed by atoms with Gasteiger partial charge in [0.1, 0.15) is 0 Å². The van der Waals surface area contributed by atoms with Crippen molar-refractivity contribution in [1.82, 2.24) is 16.0 Å². The summed E-state index contributed by atoms with van der Waals surface area (Å²) >= 11 is 4.68. The molecule has 0 unspecified atom stereocenters. The van der Waals surface area contributed by atoms with Gasteiger partial charge in [0.25, 0.3) is 23.7 Å². The van der Waals surface area contributed by atoms with Crippen LogP contribution in [0.25, 0.3) is 0 Å². The van der Waals surface area contributed by atoms with Crippen molar-refractivity contribution in [3.63, 3.8) is 0 Å². The van der Waals surface area contributed by atoms with Crippen LogP contribution in [0.5, 0.6) is 0 Å². The lowest BCUT2D eigenvalue weighted by molar-refractivity contribution is -0.0561. The fourth-order valence-corrected chi connectivity index (χ4v) is 8.33. The first-order valence-corrected chi connectivity index (χ1v) is 16.6. The highest BCUT2D eigenvalue weighted by atomic mass is 35.5. The SMILES string of the molecule is CC.Cl.NC(=S)N[C@H]1C[C@H]2C[C@@H]1CC2(F)F.N[C@H]1C[C@H]2C[C@@H]1CC2(F)F.O=C(NC(=O)c1ccccc1)N[C@H]1C[C@H]2C[C@@H]1CC2(F)F. The Morgan fingerprint density at radius 1 is 0.723 bits per heavy atom. The molecular weight excluding hydrogens is 668 g/mol. The number of halogens is 7. The molecule has 15 heteroatoms. The van der Waals surface area contributed by atoms with E-state index in [1.807, 2.05) is 13.8 Å². The molecule has 0 heterocycles. The molecule has 3 amide bonds. The van der Waals surface area contributed by atoms with Crippen molar-refractivity contribution >= 4 is 41.7 Å². The topological polar surface area (TPSA) is 122 Å². The number of rotatable bonds is 3. The average Bonchev–Trinajstić information content (AvgIpc) is 3.81. The standard InChI is InChI=1S/C15H16F2N2O2.C8H12F2N2S.C7H11F2N.C2H6.ClH/c16-15(17)8-10-6-11(15)7-12(10)18-14(21)19-13(20)9-4-2-1-3-5-9;9-8(10)3-4-1-5(8)2-6(4)12-7(11)13;8-7(9)3-4-1-5(7)2-6(4)10;1-2;/h1-5,10-12H,6-8H2,(H2,18,19,20,21);4-6H,1-3H2,(H3,11,12,13);4-6H,1-3,10H2;1-2H3;1H/t10-,11-,12+;2*4-,5-,6+;;/m111../s1. The number of carbonyl (C=O) groups excluding carboxylic acids is 2. The minimum Gasteiger partial charge on any atom is -0.376 e. The molecule has 7 nitrogen and oxygen atoms in total. The number of carbonyl (C=O) groups is 2. The van der Waals surface area contributed by atoms with Crippen LogP contribution in [-0.4, -0.2) is 52.9 Å². The molecule has 0 radical (unpaired) electrons. The third-order valence-electron chi connectivity index (χ3n) is 10.4. The Morgan fingerprint density at radius 2 is 1.15 bits per heavy atom. The van der Waals surface area contributed by atoms with Crippen molar-refractivity contribution in [2.75, 3.05) is 0 Å². The fourth-order valence-electron chi connectivity index (χ4n) is 8.18. The monoisotopic (exact) mass is 713 g/mol. The second kappa shape index (κ2) is 15.5. The van der Waals surface area contributed by atoms with Gasteiger partial charge in [0.15, 0.2) is 5.11 Å². The zero-order chi connectivity index (χ0) is 34.0. The lowest BCUT2D eigenvalue weighted by atomic mass is 9.92. The maximum atomic E-state index is 13.4. The number of urea groups is 1. The van der Waals surface area contributed by atoms with E-state index in [0.29, 0.717) is 37.7 Å². The fraction of sp³-hybridized carbons (Fsp3) is 0.719. The molecule has 7 N–H and O–H groups in total. The number of nitrogens with two attached hydrogens (primary N) is 2. The van der Waals surface area contributed by atoms with Gasteiger partial charge in [0, 0.05) is 60.7 Å². The van der Waals surface area contributed by atoms with Gasteiger partial charge in [-0.25, -0.2) is 31.1 Å². The van der Waals surface area contributed by atoms with E-state index in [-0.39, 0.29) is 79.1 Å². The largest absolute Gasteiger partial charge is 0.376 e. The number of fused-ring (bicyclic) bond motifs is 6.